The minimum Gasteiger partial charge on any atom is -0.355 e. The first-order valence-corrected chi connectivity index (χ1v) is 9.39. The largest absolute Gasteiger partial charge is 0.355 e. The van der Waals surface area contributed by atoms with Crippen LogP contribution in [-0.2, 0) is 9.59 Å². The smallest absolute Gasteiger partial charge is 0.241 e. The number of hydrogen-bond donors (Lipinski definition) is 2. The summed E-state index contributed by atoms with van der Waals surface area (Å²) in [7, 11) is 0. The molecule has 2 amide bonds. The summed E-state index contributed by atoms with van der Waals surface area (Å²) in [5.41, 5.74) is 0.606. The fourth-order valence-electron chi connectivity index (χ4n) is 2.83. The highest BCUT2D eigenvalue weighted by Crippen LogP contribution is 2.26. The summed E-state index contributed by atoms with van der Waals surface area (Å²) in [6, 6.07) is 4.68. The number of anilines is 1. The zero-order valence-corrected chi connectivity index (χ0v) is 16.2. The molecule has 5 nitrogen and oxygen atoms in total. The van der Waals surface area contributed by atoms with Crippen LogP contribution in [0.1, 0.15) is 33.1 Å². The molecule has 2 rings (SSSR count). The van der Waals surface area contributed by atoms with E-state index in [4.69, 9.17) is 23.2 Å². The number of piperidine rings is 1. The van der Waals surface area contributed by atoms with Gasteiger partial charge < -0.3 is 10.6 Å². The lowest BCUT2D eigenvalue weighted by atomic mass is 10.0. The predicted octanol–water partition coefficient (Wildman–Crippen LogP) is 3.56. The summed E-state index contributed by atoms with van der Waals surface area (Å²) >= 11 is 11.9. The van der Waals surface area contributed by atoms with Gasteiger partial charge in [-0.2, -0.15) is 0 Å². The summed E-state index contributed by atoms with van der Waals surface area (Å²) in [5, 5.41) is 6.63. The van der Waals surface area contributed by atoms with E-state index >= 15 is 0 Å². The lowest BCUT2D eigenvalue weighted by Crippen LogP contribution is -2.51. The number of likely N-dealkylation sites (tertiary alicyclic amines) is 1. The molecule has 1 aliphatic heterocycles. The van der Waals surface area contributed by atoms with Gasteiger partial charge in [0.15, 0.2) is 0 Å². The van der Waals surface area contributed by atoms with Crippen LogP contribution >= 0.6 is 23.2 Å². The summed E-state index contributed by atoms with van der Waals surface area (Å²) < 4.78 is 0. The minimum atomic E-state index is -0.312. The molecule has 1 fully saturated rings. The van der Waals surface area contributed by atoms with Crippen LogP contribution in [0.5, 0.6) is 0 Å². The molecule has 0 radical (unpaired) electrons. The van der Waals surface area contributed by atoms with Crippen molar-refractivity contribution in [3.8, 4) is 0 Å². The van der Waals surface area contributed by atoms with Crippen LogP contribution in [-0.4, -0.2) is 42.4 Å². The number of carbonyl (C=O) groups is 2. The van der Waals surface area contributed by atoms with Gasteiger partial charge in [-0.15, -0.1) is 0 Å². The first kappa shape index (κ1) is 20.0. The Morgan fingerprint density at radius 2 is 2.00 bits per heavy atom. The fourth-order valence-corrected chi connectivity index (χ4v) is 3.13. The Balaban J connectivity index is 1.97. The molecule has 1 aromatic carbocycles. The second-order valence-electron chi connectivity index (χ2n) is 6.80. The average Bonchev–Trinajstić information content (AvgIpc) is 2.57. The third-order valence-electron chi connectivity index (χ3n) is 4.16. The number of hydrogen-bond acceptors (Lipinski definition) is 3. The molecule has 1 aliphatic rings. The van der Waals surface area contributed by atoms with Gasteiger partial charge in [0.25, 0.3) is 0 Å². The van der Waals surface area contributed by atoms with E-state index in [0.717, 1.165) is 25.8 Å². The molecule has 0 spiro atoms. The van der Waals surface area contributed by atoms with E-state index in [1.165, 1.54) is 0 Å². The van der Waals surface area contributed by atoms with Crippen molar-refractivity contribution in [3.63, 3.8) is 0 Å². The van der Waals surface area contributed by atoms with Crippen molar-refractivity contribution >= 4 is 40.7 Å². The second kappa shape index (κ2) is 9.41. The molecule has 0 aliphatic carbocycles. The molecule has 0 aromatic heterocycles. The Hall–Kier alpha value is -1.30. The molecule has 138 valence electrons. The SMILES string of the molecule is CC(C)CNC(=O)CN1CCCCC1C(=O)Nc1ccc(Cl)c(Cl)c1. The topological polar surface area (TPSA) is 61.4 Å². The standard InChI is InChI=1S/C18H25Cl2N3O2/c1-12(2)10-21-17(24)11-23-8-4-3-5-16(23)18(25)22-13-6-7-14(19)15(20)9-13/h6-7,9,12,16H,3-5,8,10-11H2,1-2H3,(H,21,24)(H,22,25). The van der Waals surface area contributed by atoms with Crippen molar-refractivity contribution < 1.29 is 9.59 Å². The van der Waals surface area contributed by atoms with Crippen molar-refractivity contribution in [3.05, 3.63) is 28.2 Å². The van der Waals surface area contributed by atoms with Crippen LogP contribution in [0.4, 0.5) is 5.69 Å². The Morgan fingerprint density at radius 3 is 2.68 bits per heavy atom. The summed E-state index contributed by atoms with van der Waals surface area (Å²) in [5.74, 6) is 0.247. The van der Waals surface area contributed by atoms with Gasteiger partial charge in [0, 0.05) is 12.2 Å². The number of nitrogens with zero attached hydrogens (tertiary/aromatic N) is 1. The number of nitrogens with one attached hydrogen (secondary N) is 2. The van der Waals surface area contributed by atoms with Crippen molar-refractivity contribution in [2.75, 3.05) is 25.0 Å². The predicted molar refractivity (Wildman–Crippen MR) is 102 cm³/mol. The Morgan fingerprint density at radius 1 is 1.24 bits per heavy atom. The highest BCUT2D eigenvalue weighted by molar-refractivity contribution is 6.42. The normalized spacial score (nSPS) is 18.2. The molecule has 7 heteroatoms. The molecule has 1 heterocycles. The number of carbonyl (C=O) groups excluding carboxylic acids is 2. The Labute approximate surface area is 159 Å². The summed E-state index contributed by atoms with van der Waals surface area (Å²) in [6.45, 7) is 5.73. The van der Waals surface area contributed by atoms with Crippen LogP contribution in [0.2, 0.25) is 10.0 Å². The Bertz CT molecular complexity index is 622. The van der Waals surface area contributed by atoms with Gasteiger partial charge in [0.2, 0.25) is 11.8 Å². The van der Waals surface area contributed by atoms with Crippen LogP contribution in [0.25, 0.3) is 0 Å². The van der Waals surface area contributed by atoms with Crippen LogP contribution < -0.4 is 10.6 Å². The molecular weight excluding hydrogens is 361 g/mol. The maximum Gasteiger partial charge on any atom is 0.241 e. The van der Waals surface area contributed by atoms with E-state index in [2.05, 4.69) is 24.5 Å². The molecule has 0 saturated carbocycles. The molecule has 1 unspecified atom stereocenters. The first-order valence-electron chi connectivity index (χ1n) is 8.63. The number of benzene rings is 1. The van der Waals surface area contributed by atoms with Gasteiger partial charge in [0.05, 0.1) is 22.6 Å². The lowest BCUT2D eigenvalue weighted by Gasteiger charge is -2.34. The molecule has 1 atom stereocenters. The molecule has 1 saturated heterocycles. The van der Waals surface area contributed by atoms with Crippen molar-refractivity contribution in [1.82, 2.24) is 10.2 Å². The zero-order chi connectivity index (χ0) is 18.4. The van der Waals surface area contributed by atoms with Gasteiger partial charge in [0.1, 0.15) is 0 Å². The first-order chi connectivity index (χ1) is 11.9. The molecule has 25 heavy (non-hydrogen) atoms. The van der Waals surface area contributed by atoms with E-state index in [0.29, 0.717) is 28.2 Å². The van der Waals surface area contributed by atoms with E-state index < -0.39 is 0 Å². The van der Waals surface area contributed by atoms with E-state index in [-0.39, 0.29) is 24.4 Å². The number of amides is 2. The zero-order valence-electron chi connectivity index (χ0n) is 14.6. The molecular formula is C18H25Cl2N3O2. The van der Waals surface area contributed by atoms with Gasteiger partial charge in [-0.05, 0) is 43.5 Å². The van der Waals surface area contributed by atoms with Crippen LogP contribution in [0, 0.1) is 5.92 Å². The van der Waals surface area contributed by atoms with Crippen molar-refractivity contribution in [2.45, 2.75) is 39.2 Å². The highest BCUT2D eigenvalue weighted by atomic mass is 35.5. The van der Waals surface area contributed by atoms with Gasteiger partial charge in [-0.25, -0.2) is 0 Å². The quantitative estimate of drug-likeness (QED) is 0.786. The maximum absolute atomic E-state index is 12.7. The Kier molecular flexibility index (Phi) is 7.54. The maximum atomic E-state index is 12.7. The van der Waals surface area contributed by atoms with E-state index in [1.807, 2.05) is 4.90 Å². The van der Waals surface area contributed by atoms with Crippen molar-refractivity contribution in [1.29, 1.82) is 0 Å². The highest BCUT2D eigenvalue weighted by Gasteiger charge is 2.30. The minimum absolute atomic E-state index is 0.0389. The number of halogens is 2. The van der Waals surface area contributed by atoms with Crippen molar-refractivity contribution in [2.24, 2.45) is 5.92 Å². The summed E-state index contributed by atoms with van der Waals surface area (Å²) in [4.78, 5) is 26.7. The second-order valence-corrected chi connectivity index (χ2v) is 7.61. The molecule has 2 N–H and O–H groups in total. The van der Waals surface area contributed by atoms with Gasteiger partial charge in [-0.1, -0.05) is 43.5 Å². The van der Waals surface area contributed by atoms with Crippen LogP contribution in [0.3, 0.4) is 0 Å². The third kappa shape index (κ3) is 6.17. The lowest BCUT2D eigenvalue weighted by molar-refractivity contribution is -0.127. The van der Waals surface area contributed by atoms with E-state index in [9.17, 15) is 9.59 Å². The van der Waals surface area contributed by atoms with Gasteiger partial charge >= 0.3 is 0 Å². The molecule has 0 bridgehead atoms. The average molecular weight is 386 g/mol. The van der Waals surface area contributed by atoms with Crippen LogP contribution in [0.15, 0.2) is 18.2 Å². The summed E-state index contributed by atoms with van der Waals surface area (Å²) in [6.07, 6.45) is 2.71. The number of rotatable bonds is 6. The molecule has 1 aromatic rings. The fraction of sp³-hybridized carbons (Fsp3) is 0.556. The van der Waals surface area contributed by atoms with E-state index in [1.54, 1.807) is 18.2 Å². The van der Waals surface area contributed by atoms with Gasteiger partial charge in [-0.3, -0.25) is 14.5 Å². The monoisotopic (exact) mass is 385 g/mol. The third-order valence-corrected chi connectivity index (χ3v) is 4.90.